The summed E-state index contributed by atoms with van der Waals surface area (Å²) in [6, 6.07) is 1.89. The first-order valence-corrected chi connectivity index (χ1v) is 6.03. The number of rotatable bonds is 5. The highest BCUT2D eigenvalue weighted by Crippen LogP contribution is 2.25. The highest BCUT2D eigenvalue weighted by atomic mass is 16.5. The summed E-state index contributed by atoms with van der Waals surface area (Å²) >= 11 is 0. The Balaban J connectivity index is 2.12. The second-order valence-corrected chi connectivity index (χ2v) is 4.23. The molecule has 6 heteroatoms. The van der Waals surface area contributed by atoms with Crippen molar-refractivity contribution in [2.45, 2.75) is 31.4 Å². The molecule has 1 heterocycles. The molecule has 0 saturated heterocycles. The molecule has 2 atom stereocenters. The molecule has 1 aromatic rings. The third-order valence-corrected chi connectivity index (χ3v) is 3.17. The van der Waals surface area contributed by atoms with Gasteiger partial charge in [0.2, 0.25) is 17.7 Å². The lowest BCUT2D eigenvalue weighted by Gasteiger charge is -2.19. The molecular formula is C12H19N3O3. The van der Waals surface area contributed by atoms with Crippen LogP contribution in [0.3, 0.4) is 0 Å². The molecular weight excluding hydrogens is 234 g/mol. The molecule has 1 aliphatic carbocycles. The fraction of sp³-hybridized carbons (Fsp3) is 0.667. The van der Waals surface area contributed by atoms with Gasteiger partial charge in [0.25, 0.3) is 0 Å². The zero-order valence-corrected chi connectivity index (χ0v) is 11.0. The summed E-state index contributed by atoms with van der Waals surface area (Å²) in [4.78, 5) is 8.50. The predicted molar refractivity (Wildman–Crippen MR) is 67.2 cm³/mol. The van der Waals surface area contributed by atoms with Gasteiger partial charge in [0.15, 0.2) is 0 Å². The van der Waals surface area contributed by atoms with Crippen molar-refractivity contribution in [2.75, 3.05) is 26.6 Å². The zero-order chi connectivity index (χ0) is 13.0. The van der Waals surface area contributed by atoms with Gasteiger partial charge in [0, 0.05) is 7.11 Å². The summed E-state index contributed by atoms with van der Waals surface area (Å²) in [7, 11) is 4.87. The first-order valence-electron chi connectivity index (χ1n) is 6.03. The Hall–Kier alpha value is -1.56. The van der Waals surface area contributed by atoms with Gasteiger partial charge >= 0.3 is 0 Å². The van der Waals surface area contributed by atoms with E-state index in [4.69, 9.17) is 14.2 Å². The molecule has 2 rings (SSSR count). The van der Waals surface area contributed by atoms with Crippen LogP contribution in [-0.2, 0) is 4.74 Å². The number of nitrogens with one attached hydrogen (secondary N) is 1. The minimum atomic E-state index is 0.214. The lowest BCUT2D eigenvalue weighted by molar-refractivity contribution is 0.101. The average molecular weight is 253 g/mol. The number of anilines is 1. The SMILES string of the molecule is COc1cc(OC)nc(NC2CCCC2OC)n1. The van der Waals surface area contributed by atoms with Crippen molar-refractivity contribution < 1.29 is 14.2 Å². The monoisotopic (exact) mass is 253 g/mol. The van der Waals surface area contributed by atoms with Crippen LogP contribution in [0.1, 0.15) is 19.3 Å². The van der Waals surface area contributed by atoms with Gasteiger partial charge in [-0.3, -0.25) is 0 Å². The molecule has 18 heavy (non-hydrogen) atoms. The van der Waals surface area contributed by atoms with Crippen molar-refractivity contribution in [1.82, 2.24) is 9.97 Å². The molecule has 6 nitrogen and oxygen atoms in total. The van der Waals surface area contributed by atoms with E-state index in [-0.39, 0.29) is 12.1 Å². The summed E-state index contributed by atoms with van der Waals surface area (Å²) in [5.74, 6) is 1.48. The third-order valence-electron chi connectivity index (χ3n) is 3.17. The molecule has 0 aliphatic heterocycles. The molecule has 0 spiro atoms. The lowest BCUT2D eigenvalue weighted by atomic mass is 10.2. The highest BCUT2D eigenvalue weighted by molar-refractivity contribution is 5.35. The molecule has 2 unspecified atom stereocenters. The maximum Gasteiger partial charge on any atom is 0.229 e. The molecule has 0 aromatic carbocycles. The van der Waals surface area contributed by atoms with E-state index in [0.717, 1.165) is 19.3 Å². The average Bonchev–Trinajstić information content (AvgIpc) is 2.85. The van der Waals surface area contributed by atoms with Crippen LogP contribution in [0.5, 0.6) is 11.8 Å². The second-order valence-electron chi connectivity index (χ2n) is 4.23. The van der Waals surface area contributed by atoms with Crippen LogP contribution in [0.25, 0.3) is 0 Å². The molecule has 1 N–H and O–H groups in total. The van der Waals surface area contributed by atoms with Gasteiger partial charge in [0.1, 0.15) is 0 Å². The van der Waals surface area contributed by atoms with Gasteiger partial charge < -0.3 is 19.5 Å². The summed E-state index contributed by atoms with van der Waals surface area (Å²) in [5, 5.41) is 3.28. The van der Waals surface area contributed by atoms with Crippen molar-refractivity contribution in [2.24, 2.45) is 0 Å². The van der Waals surface area contributed by atoms with Crippen molar-refractivity contribution in [3.05, 3.63) is 6.07 Å². The first kappa shape index (κ1) is 12.9. The first-order chi connectivity index (χ1) is 8.76. The van der Waals surface area contributed by atoms with E-state index in [1.165, 1.54) is 0 Å². The minimum Gasteiger partial charge on any atom is -0.481 e. The van der Waals surface area contributed by atoms with Crippen LogP contribution in [0.4, 0.5) is 5.95 Å². The van der Waals surface area contributed by atoms with Crippen LogP contribution < -0.4 is 14.8 Å². The number of ether oxygens (including phenoxy) is 3. The van der Waals surface area contributed by atoms with Gasteiger partial charge in [-0.2, -0.15) is 9.97 Å². The van der Waals surface area contributed by atoms with Crippen LogP contribution in [0.15, 0.2) is 6.07 Å². The molecule has 1 fully saturated rings. The Morgan fingerprint density at radius 1 is 1.11 bits per heavy atom. The van der Waals surface area contributed by atoms with E-state index >= 15 is 0 Å². The molecule has 0 bridgehead atoms. The zero-order valence-electron chi connectivity index (χ0n) is 11.0. The second kappa shape index (κ2) is 5.86. The molecule has 1 saturated carbocycles. The van der Waals surface area contributed by atoms with Crippen molar-refractivity contribution in [3.63, 3.8) is 0 Å². The van der Waals surface area contributed by atoms with Crippen LogP contribution in [0.2, 0.25) is 0 Å². The third kappa shape index (κ3) is 2.81. The fourth-order valence-corrected chi connectivity index (χ4v) is 2.22. The topological polar surface area (TPSA) is 65.5 Å². The number of aromatic nitrogens is 2. The van der Waals surface area contributed by atoms with Crippen molar-refractivity contribution in [1.29, 1.82) is 0 Å². The van der Waals surface area contributed by atoms with Crippen molar-refractivity contribution >= 4 is 5.95 Å². The van der Waals surface area contributed by atoms with E-state index in [0.29, 0.717) is 17.7 Å². The van der Waals surface area contributed by atoms with Gasteiger partial charge in [0.05, 0.1) is 32.4 Å². The highest BCUT2D eigenvalue weighted by Gasteiger charge is 2.27. The molecule has 1 aromatic heterocycles. The van der Waals surface area contributed by atoms with Crippen molar-refractivity contribution in [3.8, 4) is 11.8 Å². The number of methoxy groups -OCH3 is 3. The van der Waals surface area contributed by atoms with E-state index in [9.17, 15) is 0 Å². The van der Waals surface area contributed by atoms with Crippen LogP contribution in [-0.4, -0.2) is 43.4 Å². The van der Waals surface area contributed by atoms with Gasteiger partial charge in [-0.25, -0.2) is 0 Å². The Labute approximate surface area is 107 Å². The summed E-state index contributed by atoms with van der Waals surface area (Å²) in [6.45, 7) is 0. The standard InChI is InChI=1S/C12H19N3O3/c1-16-9-6-4-5-8(9)13-12-14-10(17-2)7-11(15-12)18-3/h7-9H,4-6H2,1-3H3,(H,13,14,15). The Bertz CT molecular complexity index is 378. The maximum absolute atomic E-state index is 5.43. The summed E-state index contributed by atoms with van der Waals surface area (Å²) in [5.41, 5.74) is 0. The van der Waals surface area contributed by atoms with Crippen LogP contribution in [0, 0.1) is 0 Å². The molecule has 1 aliphatic rings. The molecule has 0 radical (unpaired) electrons. The minimum absolute atomic E-state index is 0.214. The summed E-state index contributed by atoms with van der Waals surface area (Å²) < 4.78 is 15.7. The quantitative estimate of drug-likeness (QED) is 0.857. The number of hydrogen-bond donors (Lipinski definition) is 1. The lowest BCUT2D eigenvalue weighted by Crippen LogP contribution is -2.30. The maximum atomic E-state index is 5.43. The molecule has 100 valence electrons. The Morgan fingerprint density at radius 2 is 1.78 bits per heavy atom. The van der Waals surface area contributed by atoms with E-state index in [1.807, 2.05) is 0 Å². The largest absolute Gasteiger partial charge is 0.481 e. The van der Waals surface area contributed by atoms with Gasteiger partial charge in [-0.05, 0) is 19.3 Å². The van der Waals surface area contributed by atoms with Gasteiger partial charge in [-0.15, -0.1) is 0 Å². The summed E-state index contributed by atoms with van der Waals surface area (Å²) in [6.07, 6.45) is 3.49. The van der Waals surface area contributed by atoms with E-state index < -0.39 is 0 Å². The smallest absolute Gasteiger partial charge is 0.229 e. The fourth-order valence-electron chi connectivity index (χ4n) is 2.22. The van der Waals surface area contributed by atoms with Gasteiger partial charge in [-0.1, -0.05) is 0 Å². The normalized spacial score (nSPS) is 22.8. The van der Waals surface area contributed by atoms with E-state index in [2.05, 4.69) is 15.3 Å². The number of hydrogen-bond acceptors (Lipinski definition) is 6. The Kier molecular flexibility index (Phi) is 4.19. The molecule has 0 amide bonds. The van der Waals surface area contributed by atoms with E-state index in [1.54, 1.807) is 27.4 Å². The van der Waals surface area contributed by atoms with Crippen LogP contribution >= 0.6 is 0 Å². The Morgan fingerprint density at radius 3 is 2.33 bits per heavy atom. The predicted octanol–water partition coefficient (Wildman–Crippen LogP) is 1.47. The number of nitrogens with zero attached hydrogens (tertiary/aromatic N) is 2.